The summed E-state index contributed by atoms with van der Waals surface area (Å²) in [4.78, 5) is 13.1. The predicted octanol–water partition coefficient (Wildman–Crippen LogP) is 1.57. The molecular formula is C13H18N2O2. The molecule has 0 saturated carbocycles. The van der Waals surface area contributed by atoms with Crippen molar-refractivity contribution in [2.24, 2.45) is 0 Å². The third-order valence-corrected chi connectivity index (χ3v) is 3.23. The van der Waals surface area contributed by atoms with Crippen molar-refractivity contribution in [3.63, 3.8) is 0 Å². The summed E-state index contributed by atoms with van der Waals surface area (Å²) in [5.41, 5.74) is 1.45. The van der Waals surface area contributed by atoms with Crippen molar-refractivity contribution in [2.45, 2.75) is 19.4 Å². The Morgan fingerprint density at radius 2 is 2.18 bits per heavy atom. The van der Waals surface area contributed by atoms with Crippen molar-refractivity contribution < 1.29 is 9.90 Å². The maximum absolute atomic E-state index is 10.8. The van der Waals surface area contributed by atoms with Gasteiger partial charge < -0.3 is 15.3 Å². The molecule has 17 heavy (non-hydrogen) atoms. The lowest BCUT2D eigenvalue weighted by atomic mass is 10.1. The summed E-state index contributed by atoms with van der Waals surface area (Å²) in [5.74, 6) is -0.872. The molecule has 1 saturated heterocycles. The van der Waals surface area contributed by atoms with Crippen LogP contribution >= 0.6 is 0 Å². The third-order valence-electron chi connectivity index (χ3n) is 3.23. The minimum absolute atomic E-state index is 0.343. The van der Waals surface area contributed by atoms with Gasteiger partial charge in [-0.15, -0.1) is 0 Å². The van der Waals surface area contributed by atoms with E-state index >= 15 is 0 Å². The van der Waals surface area contributed by atoms with Crippen LogP contribution in [0.1, 0.15) is 23.7 Å². The summed E-state index contributed by atoms with van der Waals surface area (Å²) >= 11 is 0. The van der Waals surface area contributed by atoms with Crippen molar-refractivity contribution in [3.05, 3.63) is 29.8 Å². The van der Waals surface area contributed by atoms with E-state index in [-0.39, 0.29) is 0 Å². The van der Waals surface area contributed by atoms with Crippen molar-refractivity contribution >= 4 is 11.7 Å². The summed E-state index contributed by atoms with van der Waals surface area (Å²) < 4.78 is 0. The number of hydrogen-bond acceptors (Lipinski definition) is 3. The number of nitrogens with one attached hydrogen (secondary N) is 1. The van der Waals surface area contributed by atoms with Gasteiger partial charge >= 0.3 is 5.97 Å². The van der Waals surface area contributed by atoms with Gasteiger partial charge in [0.2, 0.25) is 0 Å². The zero-order valence-electron chi connectivity index (χ0n) is 10.0. The van der Waals surface area contributed by atoms with Gasteiger partial charge in [-0.1, -0.05) is 6.92 Å². The SMILES string of the molecule is CCC1CN(c2ccc(C(=O)O)cc2)CCN1. The minimum Gasteiger partial charge on any atom is -0.478 e. The van der Waals surface area contributed by atoms with Crippen molar-refractivity contribution in [2.75, 3.05) is 24.5 Å². The summed E-state index contributed by atoms with van der Waals surface area (Å²) in [6.07, 6.45) is 1.11. The summed E-state index contributed by atoms with van der Waals surface area (Å²) in [5, 5.41) is 12.3. The average molecular weight is 234 g/mol. The number of piperazine rings is 1. The molecule has 1 heterocycles. The first kappa shape index (κ1) is 11.9. The predicted molar refractivity (Wildman–Crippen MR) is 67.7 cm³/mol. The van der Waals surface area contributed by atoms with Gasteiger partial charge in [-0.2, -0.15) is 0 Å². The number of carboxylic acid groups (broad SMARTS) is 1. The Kier molecular flexibility index (Phi) is 3.64. The molecule has 0 spiro atoms. The molecule has 0 amide bonds. The number of carboxylic acids is 1. The Balaban J connectivity index is 2.08. The number of anilines is 1. The van der Waals surface area contributed by atoms with Crippen LogP contribution in [0.5, 0.6) is 0 Å². The molecule has 4 nitrogen and oxygen atoms in total. The number of hydrogen-bond donors (Lipinski definition) is 2. The highest BCUT2D eigenvalue weighted by Gasteiger charge is 2.17. The van der Waals surface area contributed by atoms with Crippen LogP contribution in [0, 0.1) is 0 Å². The van der Waals surface area contributed by atoms with E-state index in [1.807, 2.05) is 12.1 Å². The Labute approximate surface area is 101 Å². The van der Waals surface area contributed by atoms with Gasteiger partial charge in [0.25, 0.3) is 0 Å². The second-order valence-corrected chi connectivity index (χ2v) is 4.36. The molecule has 0 bridgehead atoms. The van der Waals surface area contributed by atoms with Crippen molar-refractivity contribution in [1.29, 1.82) is 0 Å². The van der Waals surface area contributed by atoms with Crippen LogP contribution < -0.4 is 10.2 Å². The number of nitrogens with zero attached hydrogens (tertiary/aromatic N) is 1. The van der Waals surface area contributed by atoms with Crippen LogP contribution in [0.2, 0.25) is 0 Å². The standard InChI is InChI=1S/C13H18N2O2/c1-2-11-9-15(8-7-14-11)12-5-3-10(4-6-12)13(16)17/h3-6,11,14H,2,7-9H2,1H3,(H,16,17). The van der Waals surface area contributed by atoms with Gasteiger partial charge in [0, 0.05) is 31.4 Å². The molecule has 1 aliphatic heterocycles. The summed E-state index contributed by atoms with van der Waals surface area (Å²) in [7, 11) is 0. The second kappa shape index (κ2) is 5.19. The number of aromatic carboxylic acids is 1. The van der Waals surface area contributed by atoms with Crippen LogP contribution in [0.15, 0.2) is 24.3 Å². The van der Waals surface area contributed by atoms with E-state index < -0.39 is 5.97 Å². The average Bonchev–Trinajstić information content (AvgIpc) is 2.39. The highest BCUT2D eigenvalue weighted by molar-refractivity contribution is 5.88. The van der Waals surface area contributed by atoms with Crippen LogP contribution in [-0.2, 0) is 0 Å². The maximum Gasteiger partial charge on any atom is 0.335 e. The van der Waals surface area contributed by atoms with E-state index in [2.05, 4.69) is 17.1 Å². The third kappa shape index (κ3) is 2.77. The van der Waals surface area contributed by atoms with Crippen LogP contribution in [0.25, 0.3) is 0 Å². The van der Waals surface area contributed by atoms with Gasteiger partial charge in [-0.3, -0.25) is 0 Å². The quantitative estimate of drug-likeness (QED) is 0.833. The molecule has 92 valence electrons. The first-order valence-electron chi connectivity index (χ1n) is 6.02. The van der Waals surface area contributed by atoms with E-state index in [1.54, 1.807) is 12.1 Å². The zero-order valence-corrected chi connectivity index (χ0v) is 10.0. The fourth-order valence-corrected chi connectivity index (χ4v) is 2.15. The Bertz CT molecular complexity index is 389. The number of carbonyl (C=O) groups is 1. The Hall–Kier alpha value is -1.55. The molecule has 1 aliphatic rings. The lowest BCUT2D eigenvalue weighted by molar-refractivity contribution is 0.0697. The molecule has 2 N–H and O–H groups in total. The van der Waals surface area contributed by atoms with Gasteiger partial charge in [0.05, 0.1) is 5.56 Å². The Morgan fingerprint density at radius 3 is 2.76 bits per heavy atom. The molecule has 1 aromatic rings. The summed E-state index contributed by atoms with van der Waals surface area (Å²) in [6, 6.07) is 7.65. The van der Waals surface area contributed by atoms with Crippen molar-refractivity contribution in [1.82, 2.24) is 5.32 Å². The molecule has 4 heteroatoms. The maximum atomic E-state index is 10.8. The second-order valence-electron chi connectivity index (χ2n) is 4.36. The number of benzene rings is 1. The minimum atomic E-state index is -0.872. The van der Waals surface area contributed by atoms with E-state index in [1.165, 1.54) is 0 Å². The highest BCUT2D eigenvalue weighted by Crippen LogP contribution is 2.17. The van der Waals surface area contributed by atoms with Gasteiger partial charge in [0.15, 0.2) is 0 Å². The van der Waals surface area contributed by atoms with E-state index in [4.69, 9.17) is 5.11 Å². The van der Waals surface area contributed by atoms with Crippen LogP contribution in [0.4, 0.5) is 5.69 Å². The highest BCUT2D eigenvalue weighted by atomic mass is 16.4. The number of rotatable bonds is 3. The molecule has 0 radical (unpaired) electrons. The first-order valence-corrected chi connectivity index (χ1v) is 6.02. The molecule has 2 rings (SSSR count). The first-order chi connectivity index (χ1) is 8.20. The van der Waals surface area contributed by atoms with Crippen LogP contribution in [-0.4, -0.2) is 36.8 Å². The largest absolute Gasteiger partial charge is 0.478 e. The smallest absolute Gasteiger partial charge is 0.335 e. The Morgan fingerprint density at radius 1 is 1.47 bits per heavy atom. The fourth-order valence-electron chi connectivity index (χ4n) is 2.15. The lowest BCUT2D eigenvalue weighted by Gasteiger charge is -2.35. The molecule has 0 aromatic heterocycles. The topological polar surface area (TPSA) is 52.6 Å². The monoisotopic (exact) mass is 234 g/mol. The van der Waals surface area contributed by atoms with Gasteiger partial charge in [-0.05, 0) is 30.7 Å². The van der Waals surface area contributed by atoms with Crippen molar-refractivity contribution in [3.8, 4) is 0 Å². The van der Waals surface area contributed by atoms with Crippen LogP contribution in [0.3, 0.4) is 0 Å². The van der Waals surface area contributed by atoms with E-state index in [0.29, 0.717) is 11.6 Å². The van der Waals surface area contributed by atoms with Gasteiger partial charge in [0.1, 0.15) is 0 Å². The molecule has 1 aromatic carbocycles. The normalized spacial score (nSPS) is 20.3. The van der Waals surface area contributed by atoms with Gasteiger partial charge in [-0.25, -0.2) is 4.79 Å². The molecule has 1 fully saturated rings. The summed E-state index contributed by atoms with van der Waals surface area (Å²) in [6.45, 7) is 5.12. The molecular weight excluding hydrogens is 216 g/mol. The molecule has 1 atom stereocenters. The van der Waals surface area contributed by atoms with E-state index in [0.717, 1.165) is 31.7 Å². The molecule has 1 unspecified atom stereocenters. The zero-order chi connectivity index (χ0) is 12.3. The lowest BCUT2D eigenvalue weighted by Crippen LogP contribution is -2.50. The van der Waals surface area contributed by atoms with E-state index in [9.17, 15) is 4.79 Å². The fraction of sp³-hybridized carbons (Fsp3) is 0.462. The molecule has 0 aliphatic carbocycles.